The van der Waals surface area contributed by atoms with E-state index in [2.05, 4.69) is 0 Å². The molecular formula is C5H10. The van der Waals surface area contributed by atoms with Gasteiger partial charge in [0.25, 0.3) is 0 Å². The summed E-state index contributed by atoms with van der Waals surface area (Å²) in [6.45, 7) is 2.49. The van der Waals surface area contributed by atoms with Gasteiger partial charge >= 0.3 is 0 Å². The van der Waals surface area contributed by atoms with E-state index in [1.165, 1.54) is 0 Å². The summed E-state index contributed by atoms with van der Waals surface area (Å²) in [5.41, 5.74) is 0. The highest BCUT2D eigenvalue weighted by Gasteiger charge is 1.52. The quantitative estimate of drug-likeness (QED) is 0.414. The molecule has 0 rings (SSSR count). The van der Waals surface area contributed by atoms with E-state index < -0.39 is 0 Å². The number of hydrogen-bond acceptors (Lipinski definition) is 0. The molecule has 0 aliphatic carbocycles. The highest BCUT2D eigenvalue weighted by Crippen LogP contribution is 1.73. The van der Waals surface area contributed by atoms with E-state index in [0.717, 1.165) is 6.42 Å². The van der Waals surface area contributed by atoms with Gasteiger partial charge in [0.05, 0.1) is 0 Å². The van der Waals surface area contributed by atoms with Crippen molar-refractivity contribution in [2.75, 3.05) is 0 Å². The first-order chi connectivity index (χ1) is 2.91. The lowest BCUT2D eigenvalue weighted by molar-refractivity contribution is 1.22. The van der Waals surface area contributed by atoms with Crippen molar-refractivity contribution in [1.29, 1.82) is 0 Å². The normalized spacial score (nSPS) is 12.6. The van der Waals surface area contributed by atoms with E-state index in [1.54, 1.807) is 0 Å². The van der Waals surface area contributed by atoms with Crippen LogP contribution in [0.5, 0.6) is 0 Å². The van der Waals surface area contributed by atoms with Gasteiger partial charge < -0.3 is 0 Å². The fourth-order valence-corrected chi connectivity index (χ4v) is 0.167. The van der Waals surface area contributed by atoms with Gasteiger partial charge in [-0.3, -0.25) is 0 Å². The Bertz CT molecular complexity index is 39.2. The van der Waals surface area contributed by atoms with Crippen molar-refractivity contribution >= 4 is 0 Å². The Kier molecular flexibility index (Phi) is 2.21. The van der Waals surface area contributed by atoms with Crippen LogP contribution < -0.4 is 0 Å². The molecule has 5 heavy (non-hydrogen) atoms. The minimum atomic E-state index is 0.518. The predicted octanol–water partition coefficient (Wildman–Crippen LogP) is 1.97. The summed E-state index contributed by atoms with van der Waals surface area (Å²) < 4.78 is 6.65. The van der Waals surface area contributed by atoms with Crippen LogP contribution in [-0.4, -0.2) is 0 Å². The molecule has 0 saturated heterocycles. The van der Waals surface area contributed by atoms with Crippen LogP contribution in [0, 0.1) is 0 Å². The van der Waals surface area contributed by atoms with E-state index in [-0.39, 0.29) is 0 Å². The van der Waals surface area contributed by atoms with Gasteiger partial charge in [-0.15, -0.1) is 0 Å². The highest BCUT2D eigenvalue weighted by molar-refractivity contribution is 4.73. The van der Waals surface area contributed by atoms with Crippen LogP contribution in [0.4, 0.5) is 0 Å². The zero-order valence-electron chi connectivity index (χ0n) is 4.57. The Morgan fingerprint density at radius 2 is 2.80 bits per heavy atom. The van der Waals surface area contributed by atoms with Crippen LogP contribution in [0.15, 0.2) is 12.2 Å². The lowest BCUT2D eigenvalue weighted by atomic mass is 10.4. The Morgan fingerprint density at radius 3 is 3.00 bits per heavy atom. The largest absolute Gasteiger partial charge is 0.0917 e. The van der Waals surface area contributed by atoms with E-state index in [4.69, 9.17) is 1.37 Å². The first-order valence-corrected chi connectivity index (χ1v) is 1.82. The van der Waals surface area contributed by atoms with Crippen molar-refractivity contribution in [2.24, 2.45) is 0 Å². The first-order valence-electron chi connectivity index (χ1n) is 2.53. The lowest BCUT2D eigenvalue weighted by Gasteiger charge is -1.65. The zero-order chi connectivity index (χ0) is 4.83. The molecule has 0 bridgehead atoms. The molecule has 0 unspecified atom stereocenters. The monoisotopic (exact) mass is 71.1 g/mol. The third kappa shape index (κ3) is 3.74. The van der Waals surface area contributed by atoms with Gasteiger partial charge in [-0.2, -0.15) is 0 Å². The maximum Gasteiger partial charge on any atom is 0.0233 e. The summed E-state index contributed by atoms with van der Waals surface area (Å²) in [4.78, 5) is 0. The van der Waals surface area contributed by atoms with Crippen LogP contribution in [0.1, 0.15) is 21.6 Å². The average Bonchev–Trinajstić information content (AvgIpc) is 1.61. The number of rotatable bonds is 1. The van der Waals surface area contributed by atoms with E-state index in [1.807, 2.05) is 19.1 Å². The third-order valence-corrected chi connectivity index (χ3v) is 0.402. The molecule has 0 spiro atoms. The van der Waals surface area contributed by atoms with Gasteiger partial charge in [-0.1, -0.05) is 19.1 Å². The van der Waals surface area contributed by atoms with Gasteiger partial charge in [-0.05, 0) is 13.3 Å². The fraction of sp³-hybridized carbons (Fsp3) is 0.600. The second-order valence-corrected chi connectivity index (χ2v) is 0.858. The molecule has 0 aromatic rings. The van der Waals surface area contributed by atoms with Gasteiger partial charge in [0.15, 0.2) is 0 Å². The average molecular weight is 71.1 g/mol. The molecular weight excluding hydrogens is 60.1 g/mol. The topological polar surface area (TPSA) is 0 Å². The SMILES string of the molecule is [2H]CC/C=C/C. The maximum absolute atomic E-state index is 6.65. The van der Waals surface area contributed by atoms with Crippen molar-refractivity contribution in [1.82, 2.24) is 0 Å². The number of hydrogen-bond donors (Lipinski definition) is 0. The third-order valence-electron chi connectivity index (χ3n) is 0.402. The first kappa shape index (κ1) is 2.95. The molecule has 0 aliphatic rings. The molecule has 0 saturated carbocycles. The second kappa shape index (κ2) is 3.74. The zero-order valence-corrected chi connectivity index (χ0v) is 3.57. The molecule has 0 nitrogen and oxygen atoms in total. The van der Waals surface area contributed by atoms with Crippen molar-refractivity contribution in [3.63, 3.8) is 0 Å². The Labute approximate surface area is 34.9 Å². The smallest absolute Gasteiger partial charge is 0.0233 e. The molecule has 30 valence electrons. The van der Waals surface area contributed by atoms with Crippen LogP contribution >= 0.6 is 0 Å². The molecule has 0 N–H and O–H groups in total. The van der Waals surface area contributed by atoms with Crippen LogP contribution in [0.25, 0.3) is 0 Å². The molecule has 0 atom stereocenters. The summed E-state index contributed by atoms with van der Waals surface area (Å²) in [6.07, 6.45) is 4.86. The maximum atomic E-state index is 6.65. The molecule has 0 fully saturated rings. The predicted molar refractivity (Wildman–Crippen MR) is 25.1 cm³/mol. The van der Waals surface area contributed by atoms with Crippen LogP contribution in [-0.2, 0) is 0 Å². The number of allylic oxidation sites excluding steroid dienone is 2. The highest BCUT2D eigenvalue weighted by atomic mass is 13.6. The van der Waals surface area contributed by atoms with Gasteiger partial charge in [-0.25, -0.2) is 0 Å². The summed E-state index contributed by atoms with van der Waals surface area (Å²) in [7, 11) is 0. The molecule has 0 aliphatic heterocycles. The van der Waals surface area contributed by atoms with E-state index in [0.29, 0.717) is 6.90 Å². The van der Waals surface area contributed by atoms with Crippen molar-refractivity contribution in [2.45, 2.75) is 20.2 Å². The summed E-state index contributed by atoms with van der Waals surface area (Å²) in [6, 6.07) is 0. The van der Waals surface area contributed by atoms with E-state index in [9.17, 15) is 0 Å². The minimum absolute atomic E-state index is 0.518. The van der Waals surface area contributed by atoms with Gasteiger partial charge in [0, 0.05) is 1.37 Å². The van der Waals surface area contributed by atoms with Gasteiger partial charge in [0.1, 0.15) is 0 Å². The second-order valence-electron chi connectivity index (χ2n) is 0.858. The minimum Gasteiger partial charge on any atom is -0.0917 e. The van der Waals surface area contributed by atoms with Crippen LogP contribution in [0.2, 0.25) is 0 Å². The fourth-order valence-electron chi connectivity index (χ4n) is 0.167. The summed E-state index contributed by atoms with van der Waals surface area (Å²) >= 11 is 0. The Balaban J connectivity index is 2.66. The van der Waals surface area contributed by atoms with Crippen molar-refractivity contribution < 1.29 is 1.37 Å². The van der Waals surface area contributed by atoms with E-state index >= 15 is 0 Å². The van der Waals surface area contributed by atoms with Crippen molar-refractivity contribution in [3.8, 4) is 0 Å². The molecule has 0 heteroatoms. The van der Waals surface area contributed by atoms with Gasteiger partial charge in [0.2, 0.25) is 0 Å². The Hall–Kier alpha value is -0.260. The molecule has 0 aromatic carbocycles. The Morgan fingerprint density at radius 1 is 2.00 bits per heavy atom. The van der Waals surface area contributed by atoms with Crippen molar-refractivity contribution in [3.05, 3.63) is 12.2 Å². The summed E-state index contributed by atoms with van der Waals surface area (Å²) in [5, 5.41) is 0. The van der Waals surface area contributed by atoms with Crippen LogP contribution in [0.3, 0.4) is 0 Å². The lowest BCUT2D eigenvalue weighted by Crippen LogP contribution is -1.43. The molecule has 0 amide bonds. The molecule has 0 aromatic heterocycles. The molecule has 0 heterocycles. The molecule has 0 radical (unpaired) electrons. The standard InChI is InChI=1S/C5H10/c1-3-5-4-2/h3,5H,4H2,1-2H3/b5-3+/i2D. The summed E-state index contributed by atoms with van der Waals surface area (Å²) in [5.74, 6) is 0.